The van der Waals surface area contributed by atoms with Gasteiger partial charge < -0.3 is 20.3 Å². The highest BCUT2D eigenvalue weighted by Gasteiger charge is 2.07. The van der Waals surface area contributed by atoms with Crippen molar-refractivity contribution >= 4 is 29.0 Å². The molecule has 0 saturated carbocycles. The predicted molar refractivity (Wildman–Crippen MR) is 104 cm³/mol. The maximum Gasteiger partial charge on any atom is 0.319 e. The first-order chi connectivity index (χ1) is 12.0. The van der Waals surface area contributed by atoms with Crippen LogP contribution in [0.1, 0.15) is 12.0 Å². The number of hydrogen-bond acceptors (Lipinski definition) is 3. The topological polar surface area (TPSA) is 53.6 Å². The van der Waals surface area contributed by atoms with Crippen molar-refractivity contribution in [1.29, 1.82) is 0 Å². The Balaban J connectivity index is 1.76. The molecule has 0 aliphatic carbocycles. The molecule has 2 aromatic rings. The van der Waals surface area contributed by atoms with Crippen LogP contribution in [0, 0.1) is 0 Å². The Hall–Kier alpha value is -2.40. The van der Waals surface area contributed by atoms with Gasteiger partial charge in [0.1, 0.15) is 5.75 Å². The number of methoxy groups -OCH3 is 1. The molecule has 0 aliphatic rings. The Labute approximate surface area is 153 Å². The van der Waals surface area contributed by atoms with Gasteiger partial charge in [0.05, 0.1) is 12.8 Å². The quantitative estimate of drug-likeness (QED) is 0.728. The summed E-state index contributed by atoms with van der Waals surface area (Å²) >= 11 is 5.95. The van der Waals surface area contributed by atoms with Crippen molar-refractivity contribution in [2.45, 2.75) is 12.8 Å². The number of nitrogens with zero attached hydrogens (tertiary/aromatic N) is 1. The van der Waals surface area contributed by atoms with E-state index < -0.39 is 0 Å². The van der Waals surface area contributed by atoms with E-state index in [0.29, 0.717) is 23.0 Å². The zero-order valence-corrected chi connectivity index (χ0v) is 15.6. The van der Waals surface area contributed by atoms with E-state index in [9.17, 15) is 4.79 Å². The zero-order valence-electron chi connectivity index (χ0n) is 14.8. The first-order valence-electron chi connectivity index (χ1n) is 8.14. The van der Waals surface area contributed by atoms with Crippen molar-refractivity contribution in [2.75, 3.05) is 38.0 Å². The van der Waals surface area contributed by atoms with E-state index in [1.807, 2.05) is 14.1 Å². The standard InChI is InChI=1S/C19H24ClN3O2/c1-23(2)16-9-6-14(7-10-16)5-4-12-21-19(24)22-17-13-15(20)8-11-18(17)25-3/h6-11,13H,4-5,12H2,1-3H3,(H2,21,22,24). The molecule has 6 heteroatoms. The fourth-order valence-corrected chi connectivity index (χ4v) is 2.57. The average Bonchev–Trinajstić information content (AvgIpc) is 2.59. The number of anilines is 2. The summed E-state index contributed by atoms with van der Waals surface area (Å²) in [4.78, 5) is 14.1. The van der Waals surface area contributed by atoms with E-state index in [2.05, 4.69) is 39.8 Å². The van der Waals surface area contributed by atoms with Crippen LogP contribution in [0.5, 0.6) is 5.75 Å². The van der Waals surface area contributed by atoms with Crippen molar-refractivity contribution in [3.05, 3.63) is 53.1 Å². The van der Waals surface area contributed by atoms with Crippen molar-refractivity contribution in [3.63, 3.8) is 0 Å². The molecule has 2 N–H and O–H groups in total. The number of carbonyl (C=O) groups excluding carboxylic acids is 1. The van der Waals surface area contributed by atoms with E-state index in [4.69, 9.17) is 16.3 Å². The molecule has 0 spiro atoms. The molecule has 2 amide bonds. The molecule has 5 nitrogen and oxygen atoms in total. The van der Waals surface area contributed by atoms with Gasteiger partial charge in [-0.3, -0.25) is 0 Å². The largest absolute Gasteiger partial charge is 0.495 e. The summed E-state index contributed by atoms with van der Waals surface area (Å²) < 4.78 is 5.21. The maximum absolute atomic E-state index is 12.0. The van der Waals surface area contributed by atoms with Gasteiger partial charge in [-0.05, 0) is 48.7 Å². The molecule has 0 unspecified atom stereocenters. The number of amides is 2. The number of carbonyl (C=O) groups is 1. The summed E-state index contributed by atoms with van der Waals surface area (Å²) in [6, 6.07) is 13.2. The van der Waals surface area contributed by atoms with Gasteiger partial charge in [0.15, 0.2) is 0 Å². The fourth-order valence-electron chi connectivity index (χ4n) is 2.40. The van der Waals surface area contributed by atoms with Gasteiger partial charge in [0.25, 0.3) is 0 Å². The Morgan fingerprint density at radius 1 is 1.16 bits per heavy atom. The molecule has 2 aromatic carbocycles. The smallest absolute Gasteiger partial charge is 0.319 e. The van der Waals surface area contributed by atoms with Crippen LogP contribution in [0.2, 0.25) is 5.02 Å². The van der Waals surface area contributed by atoms with E-state index in [0.717, 1.165) is 12.8 Å². The van der Waals surface area contributed by atoms with Crippen molar-refractivity contribution in [3.8, 4) is 5.75 Å². The molecule has 0 atom stereocenters. The third-order valence-corrected chi connectivity index (χ3v) is 4.03. The Morgan fingerprint density at radius 3 is 2.52 bits per heavy atom. The first-order valence-corrected chi connectivity index (χ1v) is 8.52. The molecule has 0 bridgehead atoms. The summed E-state index contributed by atoms with van der Waals surface area (Å²) in [7, 11) is 5.59. The van der Waals surface area contributed by atoms with Crippen LogP contribution in [0.3, 0.4) is 0 Å². The number of rotatable bonds is 7. The van der Waals surface area contributed by atoms with E-state index in [1.54, 1.807) is 25.3 Å². The molecule has 0 radical (unpaired) electrons. The molecule has 0 aromatic heterocycles. The molecule has 25 heavy (non-hydrogen) atoms. The minimum absolute atomic E-state index is 0.275. The van der Waals surface area contributed by atoms with Gasteiger partial charge in [-0.2, -0.15) is 0 Å². The predicted octanol–water partition coefficient (Wildman–Crippen LogP) is 4.17. The number of benzene rings is 2. The monoisotopic (exact) mass is 361 g/mol. The number of nitrogens with one attached hydrogen (secondary N) is 2. The summed E-state index contributed by atoms with van der Waals surface area (Å²) in [6.45, 7) is 0.587. The zero-order chi connectivity index (χ0) is 18.2. The van der Waals surface area contributed by atoms with Crippen LogP contribution >= 0.6 is 11.6 Å². The molecular formula is C19H24ClN3O2. The van der Waals surface area contributed by atoms with Crippen molar-refractivity contribution in [1.82, 2.24) is 5.32 Å². The first kappa shape index (κ1) is 18.9. The normalized spacial score (nSPS) is 10.2. The number of ether oxygens (including phenoxy) is 1. The highest BCUT2D eigenvalue weighted by atomic mass is 35.5. The van der Waals surface area contributed by atoms with Crippen LogP contribution < -0.4 is 20.3 Å². The summed E-state index contributed by atoms with van der Waals surface area (Å²) in [5.41, 5.74) is 2.98. The van der Waals surface area contributed by atoms with Crippen LogP contribution in [0.15, 0.2) is 42.5 Å². The van der Waals surface area contributed by atoms with Crippen LogP contribution in [0.25, 0.3) is 0 Å². The maximum atomic E-state index is 12.0. The molecule has 2 rings (SSSR count). The van der Waals surface area contributed by atoms with Gasteiger partial charge in [-0.15, -0.1) is 0 Å². The Kier molecular flexibility index (Phi) is 6.95. The fraction of sp³-hybridized carbons (Fsp3) is 0.316. The Morgan fingerprint density at radius 2 is 1.88 bits per heavy atom. The van der Waals surface area contributed by atoms with E-state index >= 15 is 0 Å². The third-order valence-electron chi connectivity index (χ3n) is 3.79. The highest BCUT2D eigenvalue weighted by molar-refractivity contribution is 6.31. The number of halogens is 1. The lowest BCUT2D eigenvalue weighted by molar-refractivity contribution is 0.252. The van der Waals surface area contributed by atoms with Gasteiger partial charge in [-0.1, -0.05) is 23.7 Å². The van der Waals surface area contributed by atoms with Crippen molar-refractivity contribution < 1.29 is 9.53 Å². The number of hydrogen-bond donors (Lipinski definition) is 2. The van der Waals surface area contributed by atoms with E-state index in [1.165, 1.54) is 11.3 Å². The SMILES string of the molecule is COc1ccc(Cl)cc1NC(=O)NCCCc1ccc(N(C)C)cc1. The Bertz CT molecular complexity index is 702. The number of aryl methyl sites for hydroxylation is 1. The summed E-state index contributed by atoms with van der Waals surface area (Å²) in [5, 5.41) is 6.14. The minimum atomic E-state index is -0.275. The summed E-state index contributed by atoms with van der Waals surface area (Å²) in [6.07, 6.45) is 1.77. The highest BCUT2D eigenvalue weighted by Crippen LogP contribution is 2.27. The van der Waals surface area contributed by atoms with Crippen LogP contribution in [0.4, 0.5) is 16.2 Å². The van der Waals surface area contributed by atoms with Crippen LogP contribution in [-0.2, 0) is 6.42 Å². The molecule has 0 saturated heterocycles. The van der Waals surface area contributed by atoms with E-state index in [-0.39, 0.29) is 6.03 Å². The van der Waals surface area contributed by atoms with Crippen LogP contribution in [-0.4, -0.2) is 33.8 Å². The number of urea groups is 1. The summed E-state index contributed by atoms with van der Waals surface area (Å²) in [5.74, 6) is 0.570. The van der Waals surface area contributed by atoms with Gasteiger partial charge >= 0.3 is 6.03 Å². The molecule has 0 heterocycles. The average molecular weight is 362 g/mol. The lowest BCUT2D eigenvalue weighted by Gasteiger charge is -2.13. The second-order valence-corrected chi connectivity index (χ2v) is 6.33. The lowest BCUT2D eigenvalue weighted by Crippen LogP contribution is -2.29. The third kappa shape index (κ3) is 5.87. The van der Waals surface area contributed by atoms with Gasteiger partial charge in [0, 0.05) is 31.4 Å². The molecular weight excluding hydrogens is 338 g/mol. The minimum Gasteiger partial charge on any atom is -0.495 e. The molecule has 0 fully saturated rings. The van der Waals surface area contributed by atoms with Crippen molar-refractivity contribution in [2.24, 2.45) is 0 Å². The second-order valence-electron chi connectivity index (χ2n) is 5.89. The molecule has 0 aliphatic heterocycles. The van der Waals surface area contributed by atoms with Gasteiger partial charge in [0.2, 0.25) is 0 Å². The second kappa shape index (κ2) is 9.18. The van der Waals surface area contributed by atoms with Gasteiger partial charge in [-0.25, -0.2) is 4.79 Å². The lowest BCUT2D eigenvalue weighted by atomic mass is 10.1. The molecule has 134 valence electrons.